The van der Waals surface area contributed by atoms with Crippen LogP contribution in [0.15, 0.2) is 79.1 Å². The van der Waals surface area contributed by atoms with Gasteiger partial charge in [0.15, 0.2) is 11.9 Å². The Morgan fingerprint density at radius 2 is 1.43 bits per heavy atom. The fourth-order valence-electron chi connectivity index (χ4n) is 10.3. The van der Waals surface area contributed by atoms with E-state index in [1.807, 2.05) is 66.7 Å². The maximum atomic E-state index is 13.2. The summed E-state index contributed by atoms with van der Waals surface area (Å²) in [5.74, 6) is 0.695. The summed E-state index contributed by atoms with van der Waals surface area (Å²) in [6.07, 6.45) is 4.95. The number of hydrogen-bond acceptors (Lipinski definition) is 14. The van der Waals surface area contributed by atoms with E-state index < -0.39 is 18.2 Å². The molecule has 4 fully saturated rings. The first-order chi connectivity index (χ1) is 31.8. The third kappa shape index (κ3) is 9.03. The zero-order valence-electron chi connectivity index (χ0n) is 36.6. The van der Waals surface area contributed by atoms with Gasteiger partial charge in [-0.25, -0.2) is 14.6 Å². The molecule has 1 aliphatic carbocycles. The molecule has 4 N–H and O–H groups in total. The molecular weight excluding hydrogens is 827 g/mol. The summed E-state index contributed by atoms with van der Waals surface area (Å²) in [6.45, 7) is 10.9. The van der Waals surface area contributed by atoms with Crippen LogP contribution < -0.4 is 20.7 Å². The number of nitrogens with zero attached hydrogens (tertiary/aromatic N) is 9. The fraction of sp³-hybridized carbons (Fsp3) is 0.458. The Hall–Kier alpha value is -5.98. The molecule has 2 aromatic heterocycles. The molecule has 3 saturated heterocycles. The maximum absolute atomic E-state index is 13.2. The molecule has 5 aliphatic rings. The summed E-state index contributed by atoms with van der Waals surface area (Å²) in [6, 6.07) is 23.2. The summed E-state index contributed by atoms with van der Waals surface area (Å²) in [5, 5.41) is 19.3. The van der Waals surface area contributed by atoms with Gasteiger partial charge in [-0.3, -0.25) is 39.3 Å². The number of nitrogens with two attached hydrogens (primary N) is 1. The second-order valence-electron chi connectivity index (χ2n) is 17.8. The third-order valence-electron chi connectivity index (χ3n) is 14.0. The number of aliphatic hydroxyl groups is 1. The molecular formula is C48H57N11O6. The predicted molar refractivity (Wildman–Crippen MR) is 244 cm³/mol. The van der Waals surface area contributed by atoms with Crippen LogP contribution in [-0.4, -0.2) is 153 Å². The Balaban J connectivity index is 0.635. The van der Waals surface area contributed by atoms with Crippen LogP contribution >= 0.6 is 0 Å². The maximum Gasteiger partial charge on any atom is 0.257 e. The van der Waals surface area contributed by atoms with Crippen LogP contribution in [0.1, 0.15) is 66.7 Å². The highest BCUT2D eigenvalue weighted by atomic mass is 16.5. The van der Waals surface area contributed by atoms with Crippen LogP contribution in [0.5, 0.6) is 11.5 Å². The van der Waals surface area contributed by atoms with Gasteiger partial charge in [-0.15, -0.1) is 0 Å². The molecule has 3 amide bonds. The molecule has 6 heterocycles. The highest BCUT2D eigenvalue weighted by Crippen LogP contribution is 2.39. The van der Waals surface area contributed by atoms with Crippen molar-refractivity contribution in [1.29, 1.82) is 0 Å². The average molecular weight is 884 g/mol. The molecule has 0 radical (unpaired) electrons. The minimum Gasteiger partial charge on any atom is -0.457 e. The molecule has 3 aromatic carbocycles. The van der Waals surface area contributed by atoms with Gasteiger partial charge in [-0.05, 0) is 86.7 Å². The van der Waals surface area contributed by atoms with Gasteiger partial charge in [0.25, 0.3) is 5.91 Å². The first-order valence-corrected chi connectivity index (χ1v) is 23.1. The van der Waals surface area contributed by atoms with Gasteiger partial charge in [0.2, 0.25) is 11.8 Å². The molecule has 2 unspecified atom stereocenters. The van der Waals surface area contributed by atoms with Gasteiger partial charge in [-0.2, -0.15) is 5.10 Å². The van der Waals surface area contributed by atoms with E-state index >= 15 is 0 Å². The number of amides is 3. The molecule has 2 atom stereocenters. The normalized spacial score (nSPS) is 23.6. The number of fused-ring (bicyclic) bond motifs is 2. The fourth-order valence-corrected chi connectivity index (χ4v) is 10.3. The van der Waals surface area contributed by atoms with E-state index in [1.165, 1.54) is 11.2 Å². The number of para-hydroxylation sites is 1. The van der Waals surface area contributed by atoms with Crippen molar-refractivity contribution < 1.29 is 29.0 Å². The summed E-state index contributed by atoms with van der Waals surface area (Å²) in [5.41, 5.74) is 10.8. The number of ether oxygens (including phenoxy) is 2. The number of imide groups is 1. The lowest BCUT2D eigenvalue weighted by molar-refractivity contribution is -0.139. The lowest BCUT2D eigenvalue weighted by Gasteiger charge is -2.42. The van der Waals surface area contributed by atoms with Crippen LogP contribution in [0.2, 0.25) is 0 Å². The van der Waals surface area contributed by atoms with Gasteiger partial charge in [0.05, 0.1) is 24.6 Å². The average Bonchev–Trinajstić information content (AvgIpc) is 3.85. The minimum absolute atomic E-state index is 0.137. The molecule has 4 aliphatic heterocycles. The summed E-state index contributed by atoms with van der Waals surface area (Å²) < 4.78 is 14.3. The monoisotopic (exact) mass is 883 g/mol. The first kappa shape index (κ1) is 42.9. The van der Waals surface area contributed by atoms with E-state index in [9.17, 15) is 19.5 Å². The van der Waals surface area contributed by atoms with Gasteiger partial charge >= 0.3 is 0 Å². The van der Waals surface area contributed by atoms with Crippen molar-refractivity contribution in [2.45, 2.75) is 62.9 Å². The number of anilines is 2. The molecule has 0 bridgehead atoms. The van der Waals surface area contributed by atoms with E-state index in [2.05, 4.69) is 39.6 Å². The Morgan fingerprint density at radius 1 is 0.754 bits per heavy atom. The van der Waals surface area contributed by atoms with Crippen molar-refractivity contribution in [3.8, 4) is 22.8 Å². The number of aromatic nitrogens is 4. The van der Waals surface area contributed by atoms with E-state index in [1.54, 1.807) is 6.07 Å². The molecule has 17 nitrogen and oxygen atoms in total. The Labute approximate surface area is 378 Å². The second-order valence-corrected chi connectivity index (χ2v) is 17.8. The third-order valence-corrected chi connectivity index (χ3v) is 14.0. The number of carbonyl (C=O) groups excluding carboxylic acids is 3. The highest BCUT2D eigenvalue weighted by Gasteiger charge is 2.44. The molecule has 340 valence electrons. The van der Waals surface area contributed by atoms with Crippen molar-refractivity contribution in [3.63, 3.8) is 0 Å². The van der Waals surface area contributed by atoms with Crippen molar-refractivity contribution in [3.05, 3.63) is 90.3 Å². The number of aliphatic hydroxyl groups excluding tert-OH is 1. The standard InChI is InChI=1S/C48H57N11O6/c49-44-42-43(32-6-13-37(14-7-32)65-36-4-2-1-3-5-36)53-59(45(42)51-31-50-44)34-10-8-33(9-11-34)56-22-18-54(19-23-56)26-28-64-29-27-55-20-24-57(25-21-55)35-12-15-38-39(30-35)48(63)58(47(38)62)40-16-17-41(60)52-46(40)61/h1-7,12-15,30-31,33-34,40,48,63H,8-11,16-29H2,(H2,49,50,51)(H,52,60,61). The topological polar surface area (TPSA) is 188 Å². The number of nitrogens with one attached hydrogen (secondary N) is 1. The Bertz CT molecular complexity index is 2500. The quantitative estimate of drug-likeness (QED) is 0.114. The van der Waals surface area contributed by atoms with Crippen molar-refractivity contribution in [1.82, 2.24) is 44.7 Å². The largest absolute Gasteiger partial charge is 0.457 e. The Morgan fingerprint density at radius 3 is 2.14 bits per heavy atom. The number of carbonyl (C=O) groups is 3. The highest BCUT2D eigenvalue weighted by molar-refractivity contribution is 6.06. The zero-order valence-corrected chi connectivity index (χ0v) is 36.6. The summed E-state index contributed by atoms with van der Waals surface area (Å²) >= 11 is 0. The van der Waals surface area contributed by atoms with Gasteiger partial charge in [0, 0.05) is 100 Å². The first-order valence-electron chi connectivity index (χ1n) is 23.1. The Kier molecular flexibility index (Phi) is 12.5. The van der Waals surface area contributed by atoms with Gasteiger partial charge in [0.1, 0.15) is 35.4 Å². The van der Waals surface area contributed by atoms with Crippen LogP contribution in [-0.2, 0) is 14.3 Å². The minimum atomic E-state index is -1.23. The number of piperazine rings is 2. The SMILES string of the molecule is Nc1ncnc2c1c(-c1ccc(Oc3ccccc3)cc1)nn2C1CCC(N2CCN(CCOCCN3CCN(c4ccc5c(c4)C(O)N(C4CCC(=O)NC4=O)C5=O)CC3)CC2)CC1. The van der Waals surface area contributed by atoms with E-state index in [0.717, 1.165) is 137 Å². The zero-order chi connectivity index (χ0) is 44.4. The number of hydrogen-bond donors (Lipinski definition) is 3. The van der Waals surface area contributed by atoms with E-state index in [-0.39, 0.29) is 30.7 Å². The molecule has 10 rings (SSSR count). The molecule has 17 heteroatoms. The van der Waals surface area contributed by atoms with Crippen molar-refractivity contribution >= 4 is 40.3 Å². The number of benzene rings is 3. The second kappa shape index (κ2) is 18.9. The number of rotatable bonds is 13. The predicted octanol–water partition coefficient (Wildman–Crippen LogP) is 4.06. The van der Waals surface area contributed by atoms with Gasteiger partial charge in [-0.1, -0.05) is 18.2 Å². The van der Waals surface area contributed by atoms with Crippen molar-refractivity contribution in [2.24, 2.45) is 0 Å². The smallest absolute Gasteiger partial charge is 0.257 e. The van der Waals surface area contributed by atoms with E-state index in [4.69, 9.17) is 20.3 Å². The number of nitrogen functional groups attached to an aromatic ring is 1. The van der Waals surface area contributed by atoms with Crippen molar-refractivity contribution in [2.75, 3.05) is 89.3 Å². The van der Waals surface area contributed by atoms with Crippen LogP contribution in [0.25, 0.3) is 22.3 Å². The van der Waals surface area contributed by atoms with Gasteiger partial charge < -0.3 is 25.2 Å². The van der Waals surface area contributed by atoms with Crippen LogP contribution in [0.4, 0.5) is 11.5 Å². The summed E-state index contributed by atoms with van der Waals surface area (Å²) in [4.78, 5) is 57.4. The molecule has 1 saturated carbocycles. The lowest BCUT2D eigenvalue weighted by Crippen LogP contribution is -2.53. The van der Waals surface area contributed by atoms with Crippen LogP contribution in [0.3, 0.4) is 0 Å². The molecule has 65 heavy (non-hydrogen) atoms. The number of piperidine rings is 1. The van der Waals surface area contributed by atoms with Crippen LogP contribution in [0, 0.1) is 0 Å². The lowest BCUT2D eigenvalue weighted by atomic mass is 9.90. The molecule has 5 aromatic rings. The molecule has 0 spiro atoms. The summed E-state index contributed by atoms with van der Waals surface area (Å²) in [7, 11) is 0. The van der Waals surface area contributed by atoms with E-state index in [0.29, 0.717) is 29.6 Å².